The molecule has 0 spiro atoms. The van der Waals surface area contributed by atoms with Gasteiger partial charge < -0.3 is 8.83 Å². The number of thioether (sulfide) groups is 1. The molecule has 0 saturated carbocycles. The molecule has 0 fully saturated rings. The molecule has 0 unspecified atom stereocenters. The van der Waals surface area contributed by atoms with E-state index in [1.54, 1.807) is 24.3 Å². The lowest BCUT2D eigenvalue weighted by atomic mass is 10.0. The Balaban J connectivity index is 1.32. The molecule has 0 N–H and O–H groups in total. The van der Waals surface area contributed by atoms with E-state index in [9.17, 15) is 4.79 Å². The molecule has 0 aliphatic carbocycles. The predicted molar refractivity (Wildman–Crippen MR) is 126 cm³/mol. The number of benzene rings is 2. The van der Waals surface area contributed by atoms with Crippen molar-refractivity contribution in [2.75, 3.05) is 5.75 Å². The minimum absolute atomic E-state index is 0.101. The van der Waals surface area contributed by atoms with Gasteiger partial charge in [0.2, 0.25) is 5.89 Å². The second-order valence-electron chi connectivity index (χ2n) is 7.49. The van der Waals surface area contributed by atoms with Gasteiger partial charge in [-0.3, -0.25) is 4.79 Å². The van der Waals surface area contributed by atoms with Crippen molar-refractivity contribution in [3.8, 4) is 11.5 Å². The third-order valence-electron chi connectivity index (χ3n) is 5.18. The molecule has 3 heterocycles. The Morgan fingerprint density at radius 1 is 1.03 bits per heavy atom. The van der Waals surface area contributed by atoms with E-state index < -0.39 is 0 Å². The molecule has 9 heteroatoms. The molecule has 2 aromatic heterocycles. The fourth-order valence-electron chi connectivity index (χ4n) is 3.57. The van der Waals surface area contributed by atoms with Crippen LogP contribution in [0.15, 0.2) is 85.9 Å². The fraction of sp³-hybridized carbons (Fsp3) is 0.167. The van der Waals surface area contributed by atoms with Crippen LogP contribution in [0.1, 0.15) is 29.5 Å². The van der Waals surface area contributed by atoms with Crippen LogP contribution in [-0.2, 0) is 4.79 Å². The Hall–Kier alpha value is -3.36. The number of amides is 1. The number of rotatable bonds is 6. The van der Waals surface area contributed by atoms with Gasteiger partial charge in [0.05, 0.1) is 11.5 Å². The van der Waals surface area contributed by atoms with Gasteiger partial charge in [-0.25, -0.2) is 5.01 Å². The van der Waals surface area contributed by atoms with Gasteiger partial charge in [0.15, 0.2) is 0 Å². The fourth-order valence-corrected chi connectivity index (χ4v) is 4.31. The number of aromatic nitrogens is 2. The molecular formula is C24H19ClN4O3S. The summed E-state index contributed by atoms with van der Waals surface area (Å²) in [5.74, 6) is 1.81. The number of hydrazone groups is 1. The van der Waals surface area contributed by atoms with E-state index in [-0.39, 0.29) is 17.7 Å². The second-order valence-corrected chi connectivity index (χ2v) is 8.85. The average molecular weight is 479 g/mol. The van der Waals surface area contributed by atoms with Crippen LogP contribution in [0.4, 0.5) is 0 Å². The Labute approximate surface area is 199 Å². The van der Waals surface area contributed by atoms with E-state index in [1.807, 2.05) is 49.4 Å². The molecule has 1 aliphatic heterocycles. The summed E-state index contributed by atoms with van der Waals surface area (Å²) in [5.41, 5.74) is 2.59. The molecule has 7 nitrogen and oxygen atoms in total. The van der Waals surface area contributed by atoms with E-state index in [4.69, 9.17) is 20.4 Å². The van der Waals surface area contributed by atoms with Crippen LogP contribution in [0.5, 0.6) is 0 Å². The lowest BCUT2D eigenvalue weighted by Gasteiger charge is -2.19. The Kier molecular flexibility index (Phi) is 6.02. The number of aryl methyl sites for hydroxylation is 1. The van der Waals surface area contributed by atoms with E-state index in [0.29, 0.717) is 28.3 Å². The summed E-state index contributed by atoms with van der Waals surface area (Å²) >= 11 is 7.10. The van der Waals surface area contributed by atoms with Gasteiger partial charge in [-0.05, 0) is 48.9 Å². The van der Waals surface area contributed by atoms with Crippen molar-refractivity contribution in [2.24, 2.45) is 5.10 Å². The average Bonchev–Trinajstić information content (AvgIpc) is 3.58. The van der Waals surface area contributed by atoms with Gasteiger partial charge in [0, 0.05) is 17.0 Å². The molecule has 1 amide bonds. The first-order valence-corrected chi connectivity index (χ1v) is 11.7. The minimum atomic E-state index is -0.297. The zero-order chi connectivity index (χ0) is 22.8. The Bertz CT molecular complexity index is 1300. The second kappa shape index (κ2) is 9.25. The van der Waals surface area contributed by atoms with Crippen molar-refractivity contribution >= 4 is 35.0 Å². The van der Waals surface area contributed by atoms with Gasteiger partial charge in [0.25, 0.3) is 11.1 Å². The zero-order valence-corrected chi connectivity index (χ0v) is 19.2. The van der Waals surface area contributed by atoms with Crippen LogP contribution in [0, 0.1) is 6.92 Å². The lowest BCUT2D eigenvalue weighted by molar-refractivity contribution is -0.130. The van der Waals surface area contributed by atoms with Crippen molar-refractivity contribution < 1.29 is 13.6 Å². The van der Waals surface area contributed by atoms with Crippen LogP contribution in [0.2, 0.25) is 5.02 Å². The number of hydrogen-bond acceptors (Lipinski definition) is 7. The SMILES string of the molecule is Cc1ccc([C@H]2CC(c3ccccc3)=NN2C(=O)CSc2nnc(-c3ccc(Cl)cc3)o2)o1. The molecule has 2 aromatic carbocycles. The third kappa shape index (κ3) is 4.72. The molecular weight excluding hydrogens is 460 g/mol. The summed E-state index contributed by atoms with van der Waals surface area (Å²) in [4.78, 5) is 13.2. The summed E-state index contributed by atoms with van der Waals surface area (Å²) in [7, 11) is 0. The molecule has 0 bridgehead atoms. The Morgan fingerprint density at radius 2 is 1.82 bits per heavy atom. The monoisotopic (exact) mass is 478 g/mol. The number of nitrogens with zero attached hydrogens (tertiary/aromatic N) is 4. The largest absolute Gasteiger partial charge is 0.464 e. The predicted octanol–water partition coefficient (Wildman–Crippen LogP) is 5.76. The van der Waals surface area contributed by atoms with E-state index in [2.05, 4.69) is 15.3 Å². The van der Waals surface area contributed by atoms with Crippen molar-refractivity contribution in [2.45, 2.75) is 24.6 Å². The molecule has 33 heavy (non-hydrogen) atoms. The number of carbonyl (C=O) groups excluding carboxylic acids is 1. The van der Waals surface area contributed by atoms with Crippen molar-refractivity contribution in [3.05, 3.63) is 88.8 Å². The van der Waals surface area contributed by atoms with Gasteiger partial charge in [0.1, 0.15) is 17.6 Å². The molecule has 0 saturated heterocycles. The standard InChI is InChI=1S/C24H19ClN4O3S/c1-15-7-12-21(31-15)20-13-19(16-5-3-2-4-6-16)28-29(20)22(30)14-33-24-27-26-23(32-24)17-8-10-18(25)11-9-17/h2-12,20H,13-14H2,1H3/t20-/m1/s1. The van der Waals surface area contributed by atoms with Gasteiger partial charge in [-0.1, -0.05) is 53.7 Å². The molecule has 1 atom stereocenters. The molecule has 1 aliphatic rings. The first-order valence-electron chi connectivity index (χ1n) is 10.3. The summed E-state index contributed by atoms with van der Waals surface area (Å²) in [6, 6.07) is 20.4. The topological polar surface area (TPSA) is 84.7 Å². The van der Waals surface area contributed by atoms with E-state index >= 15 is 0 Å². The summed E-state index contributed by atoms with van der Waals surface area (Å²) < 4.78 is 11.5. The van der Waals surface area contributed by atoms with Crippen molar-refractivity contribution in [1.82, 2.24) is 15.2 Å². The van der Waals surface area contributed by atoms with Gasteiger partial charge in [-0.2, -0.15) is 5.10 Å². The highest BCUT2D eigenvalue weighted by Crippen LogP contribution is 2.34. The number of furan rings is 1. The van der Waals surface area contributed by atoms with Crippen LogP contribution in [0.3, 0.4) is 0 Å². The van der Waals surface area contributed by atoms with Gasteiger partial charge in [-0.15, -0.1) is 10.2 Å². The summed E-state index contributed by atoms with van der Waals surface area (Å²) in [6.07, 6.45) is 0.578. The van der Waals surface area contributed by atoms with E-state index in [1.165, 1.54) is 16.8 Å². The number of halogens is 1. The van der Waals surface area contributed by atoms with Crippen LogP contribution in [-0.4, -0.2) is 32.6 Å². The maximum absolute atomic E-state index is 13.2. The van der Waals surface area contributed by atoms with E-state index in [0.717, 1.165) is 22.6 Å². The van der Waals surface area contributed by atoms with Crippen LogP contribution < -0.4 is 0 Å². The summed E-state index contributed by atoms with van der Waals surface area (Å²) in [6.45, 7) is 1.88. The van der Waals surface area contributed by atoms with Crippen molar-refractivity contribution in [1.29, 1.82) is 0 Å². The molecule has 5 rings (SSSR count). The molecule has 0 radical (unpaired) electrons. The highest BCUT2D eigenvalue weighted by atomic mass is 35.5. The highest BCUT2D eigenvalue weighted by Gasteiger charge is 2.35. The molecule has 166 valence electrons. The maximum Gasteiger partial charge on any atom is 0.277 e. The molecule has 4 aromatic rings. The normalized spacial score (nSPS) is 15.6. The Morgan fingerprint density at radius 3 is 2.55 bits per heavy atom. The van der Waals surface area contributed by atoms with Crippen molar-refractivity contribution in [3.63, 3.8) is 0 Å². The minimum Gasteiger partial charge on any atom is -0.464 e. The first-order chi connectivity index (χ1) is 16.1. The first kappa shape index (κ1) is 21.5. The van der Waals surface area contributed by atoms with Crippen LogP contribution >= 0.6 is 23.4 Å². The number of hydrogen-bond donors (Lipinski definition) is 0. The summed E-state index contributed by atoms with van der Waals surface area (Å²) in [5, 5.41) is 15.2. The van der Waals surface area contributed by atoms with Crippen LogP contribution in [0.25, 0.3) is 11.5 Å². The third-order valence-corrected chi connectivity index (χ3v) is 6.23. The zero-order valence-electron chi connectivity index (χ0n) is 17.6. The number of carbonyl (C=O) groups is 1. The van der Waals surface area contributed by atoms with Gasteiger partial charge >= 0.3 is 0 Å². The highest BCUT2D eigenvalue weighted by molar-refractivity contribution is 7.99. The lowest BCUT2D eigenvalue weighted by Crippen LogP contribution is -2.28. The quantitative estimate of drug-likeness (QED) is 0.327. The smallest absolute Gasteiger partial charge is 0.277 e. The maximum atomic E-state index is 13.2.